The predicted molar refractivity (Wildman–Crippen MR) is 132 cm³/mol. The van der Waals surface area contributed by atoms with E-state index in [0.29, 0.717) is 50.2 Å². The lowest BCUT2D eigenvalue weighted by molar-refractivity contribution is -0.143. The summed E-state index contributed by atoms with van der Waals surface area (Å²) in [6.07, 6.45) is 8.87. The van der Waals surface area contributed by atoms with E-state index < -0.39 is 42.0 Å². The van der Waals surface area contributed by atoms with Crippen LogP contribution in [0.3, 0.4) is 0 Å². The van der Waals surface area contributed by atoms with Gasteiger partial charge in [-0.15, -0.1) is 0 Å². The van der Waals surface area contributed by atoms with Gasteiger partial charge >= 0.3 is 5.97 Å². The van der Waals surface area contributed by atoms with Crippen LogP contribution in [0.5, 0.6) is 0 Å². The van der Waals surface area contributed by atoms with Crippen molar-refractivity contribution in [2.75, 3.05) is 13.1 Å². The van der Waals surface area contributed by atoms with Gasteiger partial charge in [0.25, 0.3) is 0 Å². The SMILES string of the molecule is NCCCCC(N)C(=O)N1CCCC1C(=O)NC(Cc1cnc[nH]1)C(=O)NC(Cc1cnc[nH]1)C(=O)O. The van der Waals surface area contributed by atoms with Gasteiger partial charge in [0.1, 0.15) is 18.1 Å². The molecule has 1 saturated heterocycles. The average molecular weight is 518 g/mol. The number of hydrogen-bond donors (Lipinski definition) is 7. The Balaban J connectivity index is 1.69. The summed E-state index contributed by atoms with van der Waals surface area (Å²) in [4.78, 5) is 66.1. The van der Waals surface area contributed by atoms with Gasteiger partial charge < -0.3 is 42.1 Å². The van der Waals surface area contributed by atoms with E-state index in [1.54, 1.807) is 0 Å². The van der Waals surface area contributed by atoms with Crippen molar-refractivity contribution in [1.29, 1.82) is 0 Å². The van der Waals surface area contributed by atoms with Crippen molar-refractivity contribution in [3.05, 3.63) is 36.4 Å². The second-order valence-corrected chi connectivity index (χ2v) is 9.10. The van der Waals surface area contributed by atoms with E-state index in [-0.39, 0.29) is 18.7 Å². The number of H-pyrrole nitrogens is 2. The highest BCUT2D eigenvalue weighted by atomic mass is 16.4. The lowest BCUT2D eigenvalue weighted by Gasteiger charge is -2.28. The monoisotopic (exact) mass is 517 g/mol. The molecule has 0 spiro atoms. The number of imidazole rings is 2. The summed E-state index contributed by atoms with van der Waals surface area (Å²) in [7, 11) is 0. The van der Waals surface area contributed by atoms with Crippen LogP contribution in [-0.2, 0) is 32.0 Å². The van der Waals surface area contributed by atoms with Gasteiger partial charge in [-0.1, -0.05) is 6.42 Å². The van der Waals surface area contributed by atoms with Gasteiger partial charge in [-0.25, -0.2) is 14.8 Å². The van der Waals surface area contributed by atoms with Crippen LogP contribution in [0.15, 0.2) is 25.0 Å². The van der Waals surface area contributed by atoms with E-state index in [1.165, 1.54) is 29.9 Å². The fourth-order valence-corrected chi connectivity index (χ4v) is 4.33. The summed E-state index contributed by atoms with van der Waals surface area (Å²) in [6.45, 7) is 0.907. The Hall–Kier alpha value is -3.78. The third-order valence-electron chi connectivity index (χ3n) is 6.33. The molecule has 4 unspecified atom stereocenters. The molecule has 3 rings (SSSR count). The number of nitrogens with one attached hydrogen (secondary N) is 4. The first kappa shape index (κ1) is 27.8. The third-order valence-corrected chi connectivity index (χ3v) is 6.33. The molecule has 14 heteroatoms. The second kappa shape index (κ2) is 13.5. The summed E-state index contributed by atoms with van der Waals surface area (Å²) >= 11 is 0. The van der Waals surface area contributed by atoms with Crippen molar-refractivity contribution in [1.82, 2.24) is 35.5 Å². The lowest BCUT2D eigenvalue weighted by atomic mass is 10.1. The Kier molecular flexibility index (Phi) is 10.1. The highest BCUT2D eigenvalue weighted by Gasteiger charge is 2.38. The summed E-state index contributed by atoms with van der Waals surface area (Å²) in [5, 5.41) is 14.8. The maximum atomic E-state index is 13.3. The van der Waals surface area contributed by atoms with Crippen LogP contribution in [-0.4, -0.2) is 90.9 Å². The molecule has 3 heterocycles. The number of aromatic nitrogens is 4. The summed E-state index contributed by atoms with van der Waals surface area (Å²) in [6, 6.07) is -3.86. The highest BCUT2D eigenvalue weighted by Crippen LogP contribution is 2.20. The Morgan fingerprint density at radius 3 is 2.27 bits per heavy atom. The largest absolute Gasteiger partial charge is 0.480 e. The Morgan fingerprint density at radius 1 is 1.05 bits per heavy atom. The van der Waals surface area contributed by atoms with E-state index in [9.17, 15) is 24.3 Å². The number of carboxylic acids is 1. The normalized spacial score (nSPS) is 17.7. The Bertz CT molecular complexity index is 1030. The van der Waals surface area contributed by atoms with Crippen LogP contribution in [0.1, 0.15) is 43.5 Å². The highest BCUT2D eigenvalue weighted by molar-refractivity contribution is 5.94. The third kappa shape index (κ3) is 7.85. The van der Waals surface area contributed by atoms with E-state index in [2.05, 4.69) is 30.6 Å². The molecule has 2 aromatic rings. The molecular weight excluding hydrogens is 482 g/mol. The first-order valence-corrected chi connectivity index (χ1v) is 12.3. The molecule has 0 aromatic carbocycles. The molecule has 2 aromatic heterocycles. The number of carbonyl (C=O) groups is 4. The van der Waals surface area contributed by atoms with Crippen LogP contribution >= 0.6 is 0 Å². The molecule has 37 heavy (non-hydrogen) atoms. The number of unbranched alkanes of at least 4 members (excludes halogenated alkanes) is 1. The lowest BCUT2D eigenvalue weighted by Crippen LogP contribution is -2.57. The van der Waals surface area contributed by atoms with Crippen LogP contribution in [0.4, 0.5) is 0 Å². The number of carboxylic acid groups (broad SMARTS) is 1. The van der Waals surface area contributed by atoms with E-state index in [0.717, 1.165) is 6.42 Å². The standard InChI is InChI=1S/C23H35N9O5/c24-6-2-1-4-16(25)22(35)32-7-3-5-19(32)21(34)30-17(8-14-10-26-12-28-14)20(33)31-18(23(36)37)9-15-11-27-13-29-15/h10-13,16-19H,1-9,24-25H2,(H,26,28)(H,27,29)(H,30,34)(H,31,33)(H,36,37). The molecule has 14 nitrogen and oxygen atoms in total. The summed E-state index contributed by atoms with van der Waals surface area (Å²) < 4.78 is 0. The minimum absolute atomic E-state index is 0.0151. The van der Waals surface area contributed by atoms with Gasteiger partial charge in [0.05, 0.1) is 18.7 Å². The fourth-order valence-electron chi connectivity index (χ4n) is 4.33. The zero-order chi connectivity index (χ0) is 26.8. The Labute approximate surface area is 214 Å². The van der Waals surface area contributed by atoms with E-state index >= 15 is 0 Å². The molecule has 4 atom stereocenters. The molecule has 3 amide bonds. The van der Waals surface area contributed by atoms with Gasteiger partial charge in [0.2, 0.25) is 17.7 Å². The fraction of sp³-hybridized carbons (Fsp3) is 0.565. The van der Waals surface area contributed by atoms with Crippen molar-refractivity contribution >= 4 is 23.7 Å². The van der Waals surface area contributed by atoms with Crippen LogP contribution in [0, 0.1) is 0 Å². The van der Waals surface area contributed by atoms with Crippen molar-refractivity contribution in [3.8, 4) is 0 Å². The molecule has 202 valence electrons. The maximum Gasteiger partial charge on any atom is 0.326 e. The number of nitrogens with zero attached hydrogens (tertiary/aromatic N) is 3. The average Bonchev–Trinajstić information content (AvgIpc) is 3.65. The number of nitrogens with two attached hydrogens (primary N) is 2. The first-order chi connectivity index (χ1) is 17.8. The number of aromatic amines is 2. The minimum atomic E-state index is -1.25. The quantitative estimate of drug-likeness (QED) is 0.143. The number of amides is 3. The van der Waals surface area contributed by atoms with Crippen LogP contribution in [0.25, 0.3) is 0 Å². The summed E-state index contributed by atoms with van der Waals surface area (Å²) in [5.41, 5.74) is 12.7. The molecule has 0 saturated carbocycles. The van der Waals surface area contributed by atoms with Gasteiger partial charge in [0.15, 0.2) is 0 Å². The molecule has 1 aliphatic heterocycles. The minimum Gasteiger partial charge on any atom is -0.480 e. The van der Waals surface area contributed by atoms with Gasteiger partial charge in [0, 0.05) is 43.2 Å². The molecule has 0 radical (unpaired) electrons. The molecule has 1 aliphatic rings. The molecule has 1 fully saturated rings. The van der Waals surface area contributed by atoms with Crippen molar-refractivity contribution < 1.29 is 24.3 Å². The Morgan fingerprint density at radius 2 is 1.70 bits per heavy atom. The zero-order valence-electron chi connectivity index (χ0n) is 20.6. The second-order valence-electron chi connectivity index (χ2n) is 9.10. The number of carbonyl (C=O) groups excluding carboxylic acids is 3. The summed E-state index contributed by atoms with van der Waals surface area (Å²) in [5.74, 6) is -2.72. The maximum absolute atomic E-state index is 13.3. The van der Waals surface area contributed by atoms with Gasteiger partial charge in [-0.05, 0) is 32.2 Å². The zero-order valence-corrected chi connectivity index (χ0v) is 20.6. The molecular formula is C23H35N9O5. The van der Waals surface area contributed by atoms with Crippen LogP contribution in [0.2, 0.25) is 0 Å². The smallest absolute Gasteiger partial charge is 0.326 e. The van der Waals surface area contributed by atoms with Gasteiger partial charge in [-0.2, -0.15) is 0 Å². The van der Waals surface area contributed by atoms with E-state index in [4.69, 9.17) is 11.5 Å². The number of likely N-dealkylation sites (tertiary alicyclic amines) is 1. The van der Waals surface area contributed by atoms with Crippen LogP contribution < -0.4 is 22.1 Å². The molecule has 9 N–H and O–H groups in total. The van der Waals surface area contributed by atoms with Gasteiger partial charge in [-0.3, -0.25) is 14.4 Å². The first-order valence-electron chi connectivity index (χ1n) is 12.3. The van der Waals surface area contributed by atoms with E-state index in [1.807, 2.05) is 0 Å². The topological polar surface area (TPSA) is 225 Å². The number of aliphatic carboxylic acids is 1. The molecule has 0 bridgehead atoms. The number of rotatable bonds is 14. The predicted octanol–water partition coefficient (Wildman–Crippen LogP) is -1.58. The van der Waals surface area contributed by atoms with Crippen molar-refractivity contribution in [2.24, 2.45) is 11.5 Å². The van der Waals surface area contributed by atoms with Crippen molar-refractivity contribution in [2.45, 2.75) is 69.1 Å². The van der Waals surface area contributed by atoms with Crippen molar-refractivity contribution in [3.63, 3.8) is 0 Å². The number of hydrogen-bond acceptors (Lipinski definition) is 8. The molecule has 0 aliphatic carbocycles.